The second kappa shape index (κ2) is 4.53. The van der Waals surface area contributed by atoms with E-state index >= 15 is 0 Å². The highest BCUT2D eigenvalue weighted by molar-refractivity contribution is 7.17. The van der Waals surface area contributed by atoms with Gasteiger partial charge in [0.2, 0.25) is 0 Å². The molecule has 3 heteroatoms. The Morgan fingerprint density at radius 3 is 2.88 bits per heavy atom. The highest BCUT2D eigenvalue weighted by Gasteiger charge is 2.25. The Morgan fingerprint density at radius 1 is 1.38 bits per heavy atom. The molecule has 0 aliphatic rings. The third kappa shape index (κ3) is 1.98. The van der Waals surface area contributed by atoms with Gasteiger partial charge in [0, 0.05) is 16.7 Å². The van der Waals surface area contributed by atoms with Crippen LogP contribution in [-0.2, 0) is 5.41 Å². The van der Waals surface area contributed by atoms with E-state index < -0.39 is 0 Å². The van der Waals surface area contributed by atoms with Crippen molar-refractivity contribution in [3.05, 3.63) is 35.2 Å². The molecular formula is C13H17NOS. The normalized spacial score (nSPS) is 15.2. The van der Waals surface area contributed by atoms with Gasteiger partial charge in [0.25, 0.3) is 0 Å². The van der Waals surface area contributed by atoms with Gasteiger partial charge >= 0.3 is 0 Å². The van der Waals surface area contributed by atoms with Crippen molar-refractivity contribution in [2.24, 2.45) is 0 Å². The number of rotatable bonds is 4. The molecule has 0 fully saturated rings. The highest BCUT2D eigenvalue weighted by atomic mass is 32.1. The van der Waals surface area contributed by atoms with Crippen molar-refractivity contribution in [2.45, 2.75) is 12.3 Å². The molecule has 2 aromatic rings. The third-order valence-electron chi connectivity index (χ3n) is 3.07. The van der Waals surface area contributed by atoms with Gasteiger partial charge in [-0.1, -0.05) is 19.1 Å². The molecule has 0 radical (unpaired) electrons. The van der Waals surface area contributed by atoms with Gasteiger partial charge in [0.1, 0.15) is 0 Å². The molecule has 0 spiro atoms. The van der Waals surface area contributed by atoms with E-state index in [1.807, 2.05) is 7.05 Å². The zero-order valence-electron chi connectivity index (χ0n) is 9.66. The van der Waals surface area contributed by atoms with Gasteiger partial charge in [-0.05, 0) is 35.5 Å². The smallest absolute Gasteiger partial charge is 0.0537 e. The molecule has 0 saturated carbocycles. The molecular weight excluding hydrogens is 218 g/mol. The molecule has 2 N–H and O–H groups in total. The molecule has 1 aromatic heterocycles. The number of fused-ring (bicyclic) bond motifs is 1. The van der Waals surface area contributed by atoms with E-state index in [1.165, 1.54) is 15.6 Å². The Balaban J connectivity index is 2.44. The van der Waals surface area contributed by atoms with Crippen LogP contribution in [0, 0.1) is 0 Å². The van der Waals surface area contributed by atoms with Gasteiger partial charge in [-0.3, -0.25) is 0 Å². The molecule has 0 amide bonds. The number of hydrogen-bond acceptors (Lipinski definition) is 3. The first kappa shape index (κ1) is 11.6. The summed E-state index contributed by atoms with van der Waals surface area (Å²) >= 11 is 1.74. The van der Waals surface area contributed by atoms with Crippen LogP contribution in [0.25, 0.3) is 10.1 Å². The Hall–Kier alpha value is -0.900. The fraction of sp³-hybridized carbons (Fsp3) is 0.385. The van der Waals surface area contributed by atoms with E-state index in [2.05, 4.69) is 41.9 Å². The average molecular weight is 235 g/mol. The standard InChI is InChI=1S/C13H17NOS/c1-13(9-15,8-14-2)11-4-3-10-5-6-16-12(10)7-11/h3-7,14-15H,8-9H2,1-2H3. The topological polar surface area (TPSA) is 32.3 Å². The number of nitrogens with one attached hydrogen (secondary N) is 1. The van der Waals surface area contributed by atoms with Crippen molar-refractivity contribution in [3.8, 4) is 0 Å². The lowest BCUT2D eigenvalue weighted by atomic mass is 9.83. The lowest BCUT2D eigenvalue weighted by molar-refractivity contribution is 0.204. The number of aliphatic hydroxyl groups is 1. The monoisotopic (exact) mass is 235 g/mol. The summed E-state index contributed by atoms with van der Waals surface area (Å²) in [5.41, 5.74) is 0.992. The first-order valence-corrected chi connectivity index (χ1v) is 6.31. The van der Waals surface area contributed by atoms with Gasteiger partial charge in [-0.15, -0.1) is 11.3 Å². The fourth-order valence-electron chi connectivity index (χ4n) is 1.97. The number of likely N-dealkylation sites (N-methyl/N-ethyl adjacent to an activating group) is 1. The van der Waals surface area contributed by atoms with E-state index in [1.54, 1.807) is 11.3 Å². The molecule has 1 aromatic carbocycles. The quantitative estimate of drug-likeness (QED) is 0.852. The minimum Gasteiger partial charge on any atom is -0.395 e. The first-order chi connectivity index (χ1) is 7.69. The van der Waals surface area contributed by atoms with E-state index in [-0.39, 0.29) is 12.0 Å². The Labute approximate surface area is 99.9 Å². The number of aliphatic hydroxyl groups excluding tert-OH is 1. The van der Waals surface area contributed by atoms with Crippen LogP contribution in [-0.4, -0.2) is 25.3 Å². The van der Waals surface area contributed by atoms with E-state index in [0.29, 0.717) is 0 Å². The van der Waals surface area contributed by atoms with Crippen molar-refractivity contribution < 1.29 is 5.11 Å². The van der Waals surface area contributed by atoms with Crippen molar-refractivity contribution in [2.75, 3.05) is 20.2 Å². The maximum atomic E-state index is 9.56. The molecule has 2 nitrogen and oxygen atoms in total. The van der Waals surface area contributed by atoms with Crippen molar-refractivity contribution in [1.29, 1.82) is 0 Å². The zero-order chi connectivity index (χ0) is 11.6. The first-order valence-electron chi connectivity index (χ1n) is 5.43. The Bertz CT molecular complexity index is 479. The van der Waals surface area contributed by atoms with Crippen LogP contribution in [0.3, 0.4) is 0 Å². The SMILES string of the molecule is CNCC(C)(CO)c1ccc2ccsc2c1. The summed E-state index contributed by atoms with van der Waals surface area (Å²) in [5.74, 6) is 0. The Morgan fingerprint density at radius 2 is 2.19 bits per heavy atom. The lowest BCUT2D eigenvalue weighted by Gasteiger charge is -2.27. The lowest BCUT2D eigenvalue weighted by Crippen LogP contribution is -2.37. The van der Waals surface area contributed by atoms with Gasteiger partial charge in [0.15, 0.2) is 0 Å². The van der Waals surface area contributed by atoms with E-state index in [4.69, 9.17) is 0 Å². The molecule has 0 aliphatic carbocycles. The van der Waals surface area contributed by atoms with Gasteiger partial charge in [0.05, 0.1) is 6.61 Å². The number of thiophene rings is 1. The summed E-state index contributed by atoms with van der Waals surface area (Å²) in [5, 5.41) is 16.1. The largest absolute Gasteiger partial charge is 0.395 e. The van der Waals surface area contributed by atoms with Gasteiger partial charge < -0.3 is 10.4 Å². The van der Waals surface area contributed by atoms with Crippen molar-refractivity contribution in [1.82, 2.24) is 5.32 Å². The van der Waals surface area contributed by atoms with E-state index in [9.17, 15) is 5.11 Å². The maximum absolute atomic E-state index is 9.56. The van der Waals surface area contributed by atoms with Crippen molar-refractivity contribution in [3.63, 3.8) is 0 Å². The predicted octanol–water partition coefficient (Wildman–Crippen LogP) is 2.37. The van der Waals surface area contributed by atoms with Crippen LogP contribution < -0.4 is 5.32 Å². The summed E-state index contributed by atoms with van der Waals surface area (Å²) < 4.78 is 1.29. The molecule has 16 heavy (non-hydrogen) atoms. The summed E-state index contributed by atoms with van der Waals surface area (Å²) in [7, 11) is 1.91. The molecule has 0 aliphatic heterocycles. The molecule has 1 unspecified atom stereocenters. The molecule has 0 bridgehead atoms. The summed E-state index contributed by atoms with van der Waals surface area (Å²) in [6.45, 7) is 3.02. The second-order valence-corrected chi connectivity index (χ2v) is 5.37. The molecule has 1 atom stereocenters. The van der Waals surface area contributed by atoms with Crippen LogP contribution >= 0.6 is 11.3 Å². The minimum atomic E-state index is -0.201. The molecule has 0 saturated heterocycles. The molecule has 86 valence electrons. The number of benzene rings is 1. The summed E-state index contributed by atoms with van der Waals surface area (Å²) in [4.78, 5) is 0. The van der Waals surface area contributed by atoms with Crippen LogP contribution in [0.4, 0.5) is 0 Å². The maximum Gasteiger partial charge on any atom is 0.0537 e. The predicted molar refractivity (Wildman–Crippen MR) is 70.2 cm³/mol. The average Bonchev–Trinajstić information content (AvgIpc) is 2.76. The van der Waals surface area contributed by atoms with E-state index in [0.717, 1.165) is 6.54 Å². The molecule has 2 rings (SSSR count). The minimum absolute atomic E-state index is 0.157. The fourth-order valence-corrected chi connectivity index (χ4v) is 2.80. The van der Waals surface area contributed by atoms with Gasteiger partial charge in [-0.25, -0.2) is 0 Å². The van der Waals surface area contributed by atoms with Gasteiger partial charge in [-0.2, -0.15) is 0 Å². The number of hydrogen-bond donors (Lipinski definition) is 2. The van der Waals surface area contributed by atoms with Crippen LogP contribution in [0.1, 0.15) is 12.5 Å². The van der Waals surface area contributed by atoms with Crippen LogP contribution in [0.2, 0.25) is 0 Å². The zero-order valence-corrected chi connectivity index (χ0v) is 10.5. The Kier molecular flexibility index (Phi) is 3.28. The van der Waals surface area contributed by atoms with Crippen LogP contribution in [0.15, 0.2) is 29.6 Å². The van der Waals surface area contributed by atoms with Crippen molar-refractivity contribution >= 4 is 21.4 Å². The second-order valence-electron chi connectivity index (χ2n) is 4.42. The summed E-state index contributed by atoms with van der Waals surface area (Å²) in [6, 6.07) is 8.55. The third-order valence-corrected chi connectivity index (χ3v) is 3.95. The molecule has 1 heterocycles. The summed E-state index contributed by atoms with van der Waals surface area (Å²) in [6.07, 6.45) is 0. The van der Waals surface area contributed by atoms with Crippen LogP contribution in [0.5, 0.6) is 0 Å². The highest BCUT2D eigenvalue weighted by Crippen LogP contribution is 2.28.